The third-order valence-corrected chi connectivity index (χ3v) is 6.60. The predicted octanol–water partition coefficient (Wildman–Crippen LogP) is 1.78. The van der Waals surface area contributed by atoms with E-state index in [1.54, 1.807) is 0 Å². The fourth-order valence-electron chi connectivity index (χ4n) is 0.642. The van der Waals surface area contributed by atoms with Crippen LogP contribution in [-0.4, -0.2) is 24.4 Å². The molecule has 0 aromatic heterocycles. The van der Waals surface area contributed by atoms with Crippen LogP contribution in [0.1, 0.15) is 13.3 Å². The molecule has 0 rings (SSSR count). The Morgan fingerprint density at radius 2 is 2.00 bits per heavy atom. The lowest BCUT2D eigenvalue weighted by Gasteiger charge is -2.24. The Balaban J connectivity index is 3.80. The summed E-state index contributed by atoms with van der Waals surface area (Å²) in [4.78, 5) is 0. The van der Waals surface area contributed by atoms with Crippen LogP contribution in [0.5, 0.6) is 0 Å². The van der Waals surface area contributed by atoms with Crippen LogP contribution in [0.25, 0.3) is 0 Å². The molecule has 0 saturated carbocycles. The van der Waals surface area contributed by atoms with Gasteiger partial charge >= 0.3 is 0 Å². The van der Waals surface area contributed by atoms with Gasteiger partial charge in [-0.25, -0.2) is 0 Å². The van der Waals surface area contributed by atoms with Crippen LogP contribution in [0.15, 0.2) is 0 Å². The topological polar surface area (TPSA) is 20.2 Å². The minimum absolute atomic E-state index is 0.130. The van der Waals surface area contributed by atoms with Gasteiger partial charge < -0.3 is 5.11 Å². The summed E-state index contributed by atoms with van der Waals surface area (Å²) in [5.74, 6) is 0. The Bertz CT molecular complexity index is 85.1. The minimum atomic E-state index is -1.46. The molecule has 0 fully saturated rings. The van der Waals surface area contributed by atoms with Gasteiger partial charge in [0.1, 0.15) is 0 Å². The van der Waals surface area contributed by atoms with E-state index in [2.05, 4.69) is 13.1 Å². The predicted molar refractivity (Wildman–Crippen MR) is 44.5 cm³/mol. The SMILES string of the molecule is CCC(O)[Si](C)(C)CCl. The summed E-state index contributed by atoms with van der Waals surface area (Å²) in [6.07, 6.45) is 0.839. The molecule has 56 valence electrons. The van der Waals surface area contributed by atoms with Gasteiger partial charge in [-0.15, -0.1) is 11.6 Å². The summed E-state index contributed by atoms with van der Waals surface area (Å²) in [6, 6.07) is 0. The van der Waals surface area contributed by atoms with Gasteiger partial charge in [0.15, 0.2) is 0 Å². The van der Waals surface area contributed by atoms with Crippen LogP contribution in [-0.2, 0) is 0 Å². The first kappa shape index (κ1) is 9.47. The summed E-state index contributed by atoms with van der Waals surface area (Å²) in [5.41, 5.74) is 0.525. The van der Waals surface area contributed by atoms with Gasteiger partial charge in [0.05, 0.1) is 8.07 Å². The van der Waals surface area contributed by atoms with Crippen LogP contribution in [0.3, 0.4) is 0 Å². The van der Waals surface area contributed by atoms with Gasteiger partial charge in [0, 0.05) is 11.2 Å². The maximum atomic E-state index is 9.36. The number of aliphatic hydroxyl groups excluding tert-OH is 1. The molecule has 0 spiro atoms. The molecular formula is C6H15ClOSi. The van der Waals surface area contributed by atoms with Gasteiger partial charge in [-0.1, -0.05) is 20.0 Å². The van der Waals surface area contributed by atoms with E-state index in [9.17, 15) is 5.11 Å². The van der Waals surface area contributed by atoms with E-state index < -0.39 is 8.07 Å². The van der Waals surface area contributed by atoms with Crippen molar-refractivity contribution in [2.24, 2.45) is 0 Å². The quantitative estimate of drug-likeness (QED) is 0.501. The number of halogens is 1. The molecule has 0 saturated heterocycles. The third-order valence-electron chi connectivity index (χ3n) is 1.63. The average molecular weight is 167 g/mol. The van der Waals surface area contributed by atoms with E-state index >= 15 is 0 Å². The second-order valence-electron chi connectivity index (χ2n) is 3.05. The molecule has 1 N–H and O–H groups in total. The highest BCUT2D eigenvalue weighted by atomic mass is 35.5. The maximum Gasteiger partial charge on any atom is 0.0968 e. The van der Waals surface area contributed by atoms with Gasteiger partial charge in [-0.05, 0) is 6.42 Å². The van der Waals surface area contributed by atoms with E-state index in [-0.39, 0.29) is 5.73 Å². The molecule has 0 aliphatic heterocycles. The van der Waals surface area contributed by atoms with Crippen LogP contribution in [0, 0.1) is 0 Å². The van der Waals surface area contributed by atoms with Crippen molar-refractivity contribution in [2.45, 2.75) is 32.2 Å². The second kappa shape index (κ2) is 3.59. The molecule has 0 bridgehead atoms. The Morgan fingerprint density at radius 1 is 1.56 bits per heavy atom. The molecule has 0 amide bonds. The molecular weight excluding hydrogens is 152 g/mol. The standard InChI is InChI=1S/C6H15ClOSi/c1-4-6(8)9(2,3)5-7/h6,8H,4-5H2,1-3H3. The first-order valence-corrected chi connectivity index (χ1v) is 7.10. The highest BCUT2D eigenvalue weighted by Crippen LogP contribution is 2.12. The molecule has 1 unspecified atom stereocenters. The van der Waals surface area contributed by atoms with Crippen molar-refractivity contribution in [3.8, 4) is 0 Å². The highest BCUT2D eigenvalue weighted by molar-refractivity contribution is 6.84. The van der Waals surface area contributed by atoms with Crippen LogP contribution in [0.4, 0.5) is 0 Å². The van der Waals surface area contributed by atoms with Gasteiger partial charge in [0.2, 0.25) is 0 Å². The molecule has 9 heavy (non-hydrogen) atoms. The zero-order valence-electron chi connectivity index (χ0n) is 6.32. The molecule has 1 nitrogen and oxygen atoms in total. The van der Waals surface area contributed by atoms with Crippen molar-refractivity contribution in [1.29, 1.82) is 0 Å². The molecule has 0 aliphatic rings. The first-order chi connectivity index (χ1) is 4.04. The molecule has 0 radical (unpaired) electrons. The van der Waals surface area contributed by atoms with Gasteiger partial charge in [-0.2, -0.15) is 0 Å². The number of alkyl halides is 1. The second-order valence-corrected chi connectivity index (χ2v) is 8.76. The summed E-state index contributed by atoms with van der Waals surface area (Å²) >= 11 is 5.67. The smallest absolute Gasteiger partial charge is 0.0968 e. The van der Waals surface area contributed by atoms with Crippen molar-refractivity contribution in [3.63, 3.8) is 0 Å². The van der Waals surface area contributed by atoms with E-state index in [0.29, 0.717) is 5.50 Å². The van der Waals surface area contributed by atoms with E-state index in [1.165, 1.54) is 0 Å². The molecule has 0 heterocycles. The largest absolute Gasteiger partial charge is 0.397 e. The van der Waals surface area contributed by atoms with E-state index in [0.717, 1.165) is 6.42 Å². The number of hydrogen-bond acceptors (Lipinski definition) is 1. The molecule has 1 atom stereocenters. The Hall–Kier alpha value is 0.467. The zero-order chi connectivity index (χ0) is 7.49. The summed E-state index contributed by atoms with van der Waals surface area (Å²) in [7, 11) is -1.46. The van der Waals surface area contributed by atoms with Gasteiger partial charge in [0.25, 0.3) is 0 Å². The summed E-state index contributed by atoms with van der Waals surface area (Å²) in [5, 5.41) is 9.36. The molecule has 3 heteroatoms. The molecule has 0 aromatic rings. The lowest BCUT2D eigenvalue weighted by atomic mass is 10.5. The van der Waals surface area contributed by atoms with Crippen molar-refractivity contribution < 1.29 is 5.11 Å². The lowest BCUT2D eigenvalue weighted by Crippen LogP contribution is -2.43. The Kier molecular flexibility index (Phi) is 3.78. The Labute approximate surface area is 63.0 Å². The molecule has 0 aliphatic carbocycles. The summed E-state index contributed by atoms with van der Waals surface area (Å²) in [6.45, 7) is 6.20. The van der Waals surface area contributed by atoms with Crippen LogP contribution < -0.4 is 0 Å². The van der Waals surface area contributed by atoms with Crippen LogP contribution in [0.2, 0.25) is 13.1 Å². The van der Waals surface area contributed by atoms with Crippen LogP contribution >= 0.6 is 11.6 Å². The first-order valence-electron chi connectivity index (χ1n) is 3.28. The third kappa shape index (κ3) is 2.69. The van der Waals surface area contributed by atoms with Gasteiger partial charge in [-0.3, -0.25) is 0 Å². The fraction of sp³-hybridized carbons (Fsp3) is 1.00. The van der Waals surface area contributed by atoms with E-state index in [4.69, 9.17) is 11.6 Å². The highest BCUT2D eigenvalue weighted by Gasteiger charge is 2.27. The number of rotatable bonds is 3. The zero-order valence-corrected chi connectivity index (χ0v) is 8.07. The average Bonchev–Trinajstić information content (AvgIpc) is 1.86. The normalized spacial score (nSPS) is 15.7. The van der Waals surface area contributed by atoms with E-state index in [1.807, 2.05) is 6.92 Å². The Morgan fingerprint density at radius 3 is 2.11 bits per heavy atom. The number of aliphatic hydroxyl groups is 1. The van der Waals surface area contributed by atoms with Crippen molar-refractivity contribution in [3.05, 3.63) is 0 Å². The van der Waals surface area contributed by atoms with Crippen molar-refractivity contribution in [1.82, 2.24) is 0 Å². The maximum absolute atomic E-state index is 9.36. The monoisotopic (exact) mass is 166 g/mol. The fourth-order valence-corrected chi connectivity index (χ4v) is 2.46. The van der Waals surface area contributed by atoms with Crippen molar-refractivity contribution >= 4 is 19.7 Å². The summed E-state index contributed by atoms with van der Waals surface area (Å²) < 4.78 is 0. The minimum Gasteiger partial charge on any atom is -0.397 e. The lowest BCUT2D eigenvalue weighted by molar-refractivity contribution is 0.239. The van der Waals surface area contributed by atoms with Crippen molar-refractivity contribution in [2.75, 3.05) is 5.50 Å². The number of hydrogen-bond donors (Lipinski definition) is 1. The molecule has 0 aromatic carbocycles.